The third-order valence-electron chi connectivity index (χ3n) is 2.95. The summed E-state index contributed by atoms with van der Waals surface area (Å²) in [5.74, 6) is -0.597. The minimum atomic E-state index is -0.484. The topological polar surface area (TPSA) is 59.5 Å². The maximum Gasteiger partial charge on any atom is 0.338 e. The molecule has 0 aromatic carbocycles. The quantitative estimate of drug-likeness (QED) is 0.755. The van der Waals surface area contributed by atoms with Crippen LogP contribution in [0, 0.1) is 0 Å². The van der Waals surface area contributed by atoms with E-state index in [2.05, 4.69) is 4.98 Å². The lowest BCUT2D eigenvalue weighted by atomic mass is 10.1. The van der Waals surface area contributed by atoms with Gasteiger partial charge in [0.15, 0.2) is 6.61 Å². The summed E-state index contributed by atoms with van der Waals surface area (Å²) in [5.41, 5.74) is 0.413. The molecule has 18 heavy (non-hydrogen) atoms. The molecular formula is C13H16N2O3. The minimum absolute atomic E-state index is 0.114. The predicted molar refractivity (Wildman–Crippen MR) is 65.0 cm³/mol. The van der Waals surface area contributed by atoms with Crippen molar-refractivity contribution in [2.45, 2.75) is 19.3 Å². The number of pyridine rings is 1. The Hall–Kier alpha value is -1.91. The molecule has 1 aromatic rings. The first-order chi connectivity index (χ1) is 8.77. The van der Waals surface area contributed by atoms with E-state index in [9.17, 15) is 9.59 Å². The van der Waals surface area contributed by atoms with Crippen LogP contribution in [0.3, 0.4) is 0 Å². The molecule has 0 saturated carbocycles. The first-order valence-electron chi connectivity index (χ1n) is 6.12. The van der Waals surface area contributed by atoms with Crippen LogP contribution in [-0.4, -0.2) is 41.5 Å². The number of nitrogens with zero attached hydrogens (tertiary/aromatic N) is 2. The van der Waals surface area contributed by atoms with E-state index in [4.69, 9.17) is 4.74 Å². The summed E-state index contributed by atoms with van der Waals surface area (Å²) in [6.45, 7) is 1.36. The third kappa shape index (κ3) is 3.29. The van der Waals surface area contributed by atoms with Gasteiger partial charge in [-0.1, -0.05) is 0 Å². The van der Waals surface area contributed by atoms with Crippen molar-refractivity contribution in [3.05, 3.63) is 30.1 Å². The minimum Gasteiger partial charge on any atom is -0.452 e. The molecular weight excluding hydrogens is 232 g/mol. The van der Waals surface area contributed by atoms with Gasteiger partial charge >= 0.3 is 5.97 Å². The summed E-state index contributed by atoms with van der Waals surface area (Å²) in [6, 6.07) is 3.13. The highest BCUT2D eigenvalue weighted by atomic mass is 16.5. The molecule has 1 aliphatic rings. The highest BCUT2D eigenvalue weighted by Crippen LogP contribution is 2.09. The molecule has 0 radical (unpaired) electrons. The molecule has 1 amide bonds. The summed E-state index contributed by atoms with van der Waals surface area (Å²) in [5, 5.41) is 0. The number of esters is 1. The summed E-state index contributed by atoms with van der Waals surface area (Å²) >= 11 is 0. The Morgan fingerprint density at radius 1 is 1.17 bits per heavy atom. The first-order valence-corrected chi connectivity index (χ1v) is 6.12. The second-order valence-electron chi connectivity index (χ2n) is 4.25. The number of carbonyl (C=O) groups is 2. The van der Waals surface area contributed by atoms with Crippen LogP contribution in [-0.2, 0) is 9.53 Å². The molecule has 0 unspecified atom stereocenters. The molecule has 2 rings (SSSR count). The Kier molecular flexibility index (Phi) is 4.28. The van der Waals surface area contributed by atoms with E-state index >= 15 is 0 Å². The van der Waals surface area contributed by atoms with E-state index in [1.165, 1.54) is 18.8 Å². The van der Waals surface area contributed by atoms with Gasteiger partial charge in [-0.05, 0) is 31.4 Å². The van der Waals surface area contributed by atoms with Gasteiger partial charge in [0.2, 0.25) is 0 Å². The van der Waals surface area contributed by atoms with E-state index in [1.54, 1.807) is 17.0 Å². The van der Waals surface area contributed by atoms with E-state index in [1.807, 2.05) is 0 Å². The van der Waals surface area contributed by atoms with Crippen LogP contribution in [0.4, 0.5) is 0 Å². The SMILES string of the molecule is O=C(OCC(=O)N1CCCCC1)c1ccncc1. The van der Waals surface area contributed by atoms with Crippen LogP contribution >= 0.6 is 0 Å². The lowest BCUT2D eigenvalue weighted by Gasteiger charge is -2.26. The highest BCUT2D eigenvalue weighted by Gasteiger charge is 2.18. The fraction of sp³-hybridized carbons (Fsp3) is 0.462. The molecule has 1 saturated heterocycles. The zero-order chi connectivity index (χ0) is 12.8. The second kappa shape index (κ2) is 6.14. The van der Waals surface area contributed by atoms with Crippen molar-refractivity contribution in [1.82, 2.24) is 9.88 Å². The molecule has 0 atom stereocenters. The summed E-state index contributed by atoms with van der Waals surface area (Å²) in [6.07, 6.45) is 6.26. The molecule has 2 heterocycles. The van der Waals surface area contributed by atoms with Crippen molar-refractivity contribution < 1.29 is 14.3 Å². The standard InChI is InChI=1S/C13H16N2O3/c16-12(15-8-2-1-3-9-15)10-18-13(17)11-4-6-14-7-5-11/h4-7H,1-3,8-10H2. The largest absolute Gasteiger partial charge is 0.452 e. The number of hydrogen-bond donors (Lipinski definition) is 0. The van der Waals surface area contributed by atoms with E-state index in [0.717, 1.165) is 25.9 Å². The van der Waals surface area contributed by atoms with Gasteiger partial charge in [-0.15, -0.1) is 0 Å². The van der Waals surface area contributed by atoms with Gasteiger partial charge in [0.05, 0.1) is 5.56 Å². The summed E-state index contributed by atoms with van der Waals surface area (Å²) in [7, 11) is 0. The van der Waals surface area contributed by atoms with Crippen LogP contribution in [0.2, 0.25) is 0 Å². The molecule has 1 aromatic heterocycles. The molecule has 1 aliphatic heterocycles. The van der Waals surface area contributed by atoms with Crippen molar-refractivity contribution in [2.75, 3.05) is 19.7 Å². The number of ether oxygens (including phenoxy) is 1. The van der Waals surface area contributed by atoms with Gasteiger partial charge in [0, 0.05) is 25.5 Å². The Labute approximate surface area is 106 Å². The molecule has 0 spiro atoms. The van der Waals surface area contributed by atoms with Gasteiger partial charge in [0.1, 0.15) is 0 Å². The number of piperidine rings is 1. The fourth-order valence-corrected chi connectivity index (χ4v) is 1.93. The first kappa shape index (κ1) is 12.5. The van der Waals surface area contributed by atoms with Gasteiger partial charge < -0.3 is 9.64 Å². The molecule has 0 N–H and O–H groups in total. The summed E-state index contributed by atoms with van der Waals surface area (Å²) < 4.78 is 4.99. The Morgan fingerprint density at radius 3 is 2.50 bits per heavy atom. The second-order valence-corrected chi connectivity index (χ2v) is 4.25. The molecule has 5 nitrogen and oxygen atoms in total. The lowest BCUT2D eigenvalue weighted by molar-refractivity contribution is -0.135. The van der Waals surface area contributed by atoms with E-state index in [0.29, 0.717) is 5.56 Å². The fourth-order valence-electron chi connectivity index (χ4n) is 1.93. The number of amides is 1. The maximum absolute atomic E-state index is 11.8. The molecule has 0 bridgehead atoms. The van der Waals surface area contributed by atoms with Gasteiger partial charge in [-0.3, -0.25) is 9.78 Å². The average molecular weight is 248 g/mol. The molecule has 0 aliphatic carbocycles. The maximum atomic E-state index is 11.8. The van der Waals surface area contributed by atoms with E-state index < -0.39 is 5.97 Å². The average Bonchev–Trinajstić information content (AvgIpc) is 2.46. The van der Waals surface area contributed by atoms with E-state index in [-0.39, 0.29) is 12.5 Å². The number of likely N-dealkylation sites (tertiary alicyclic amines) is 1. The monoisotopic (exact) mass is 248 g/mol. The van der Waals surface area contributed by atoms with Crippen LogP contribution in [0.15, 0.2) is 24.5 Å². The van der Waals surface area contributed by atoms with Gasteiger partial charge in [-0.2, -0.15) is 0 Å². The van der Waals surface area contributed by atoms with Crippen molar-refractivity contribution in [1.29, 1.82) is 0 Å². The predicted octanol–water partition coefficient (Wildman–Crippen LogP) is 1.25. The normalized spacial score (nSPS) is 15.2. The van der Waals surface area contributed by atoms with Crippen molar-refractivity contribution in [3.63, 3.8) is 0 Å². The number of aromatic nitrogens is 1. The smallest absolute Gasteiger partial charge is 0.338 e. The third-order valence-corrected chi connectivity index (χ3v) is 2.95. The Bertz CT molecular complexity index is 414. The van der Waals surface area contributed by atoms with Gasteiger partial charge in [-0.25, -0.2) is 4.79 Å². The summed E-state index contributed by atoms with van der Waals surface area (Å²) in [4.78, 5) is 28.9. The lowest BCUT2D eigenvalue weighted by Crippen LogP contribution is -2.38. The number of hydrogen-bond acceptors (Lipinski definition) is 4. The van der Waals surface area contributed by atoms with Crippen LogP contribution < -0.4 is 0 Å². The van der Waals surface area contributed by atoms with Crippen LogP contribution in [0.25, 0.3) is 0 Å². The Morgan fingerprint density at radius 2 is 1.83 bits per heavy atom. The number of rotatable bonds is 3. The zero-order valence-corrected chi connectivity index (χ0v) is 10.2. The zero-order valence-electron chi connectivity index (χ0n) is 10.2. The number of carbonyl (C=O) groups excluding carboxylic acids is 2. The Balaban J connectivity index is 1.80. The van der Waals surface area contributed by atoms with Crippen LogP contribution in [0.5, 0.6) is 0 Å². The van der Waals surface area contributed by atoms with Crippen LogP contribution in [0.1, 0.15) is 29.6 Å². The highest BCUT2D eigenvalue weighted by molar-refractivity contribution is 5.91. The van der Waals surface area contributed by atoms with Crippen molar-refractivity contribution in [3.8, 4) is 0 Å². The molecule has 5 heteroatoms. The molecule has 96 valence electrons. The van der Waals surface area contributed by atoms with Crippen molar-refractivity contribution >= 4 is 11.9 Å². The van der Waals surface area contributed by atoms with Gasteiger partial charge in [0.25, 0.3) is 5.91 Å². The molecule has 1 fully saturated rings. The van der Waals surface area contributed by atoms with Crippen molar-refractivity contribution in [2.24, 2.45) is 0 Å².